The first-order chi connectivity index (χ1) is 17.5. The Morgan fingerprint density at radius 1 is 1.08 bits per heavy atom. The van der Waals surface area contributed by atoms with E-state index >= 15 is 0 Å². The van der Waals surface area contributed by atoms with E-state index in [1.807, 2.05) is 57.2 Å². The first-order valence-electron chi connectivity index (χ1n) is 12.7. The van der Waals surface area contributed by atoms with E-state index in [-0.39, 0.29) is 31.3 Å². The molecule has 0 unspecified atom stereocenters. The quantitative estimate of drug-likeness (QED) is 0.369. The molecule has 2 aromatic carbocycles. The first kappa shape index (κ1) is 30.2. The molecule has 2 rings (SSSR count). The van der Waals surface area contributed by atoms with Gasteiger partial charge in [-0.15, -0.1) is 0 Å². The third-order valence-corrected chi connectivity index (χ3v) is 7.66. The molecule has 204 valence electrons. The highest BCUT2D eigenvalue weighted by molar-refractivity contribution is 7.92. The van der Waals surface area contributed by atoms with Crippen molar-refractivity contribution in [1.82, 2.24) is 10.2 Å². The van der Waals surface area contributed by atoms with Gasteiger partial charge in [0, 0.05) is 26.1 Å². The van der Waals surface area contributed by atoms with Gasteiger partial charge in [-0.3, -0.25) is 13.9 Å². The van der Waals surface area contributed by atoms with Gasteiger partial charge in [0.2, 0.25) is 21.8 Å². The second-order valence-corrected chi connectivity index (χ2v) is 11.3. The van der Waals surface area contributed by atoms with Crippen molar-refractivity contribution in [3.63, 3.8) is 0 Å². The Labute approximate surface area is 222 Å². The number of hydrogen-bond donors (Lipinski definition) is 1. The van der Waals surface area contributed by atoms with E-state index in [0.29, 0.717) is 24.4 Å². The summed E-state index contributed by atoms with van der Waals surface area (Å²) in [6.07, 6.45) is 3.42. The number of amides is 2. The molecule has 8 nitrogen and oxygen atoms in total. The standard InChI is InChI=1S/C28H41N3O5S/c1-7-8-17-29-28(33)23(4)30(20-24-13-10-14-25(19-24)36-5)27(32)16-11-18-31(37(6,34)35)26-15-9-12-21(2)22(26)3/h9-10,12-15,19,23H,7-8,11,16-18,20H2,1-6H3,(H,29,33)/t23-/m0/s1. The van der Waals surface area contributed by atoms with Gasteiger partial charge >= 0.3 is 0 Å². The molecule has 0 fully saturated rings. The zero-order chi connectivity index (χ0) is 27.6. The van der Waals surface area contributed by atoms with Gasteiger partial charge < -0.3 is 15.0 Å². The van der Waals surface area contributed by atoms with Gasteiger partial charge in [-0.25, -0.2) is 8.42 Å². The number of nitrogens with one attached hydrogen (secondary N) is 1. The van der Waals surface area contributed by atoms with Crippen molar-refractivity contribution < 1.29 is 22.7 Å². The minimum atomic E-state index is -3.54. The van der Waals surface area contributed by atoms with Crippen LogP contribution in [0.1, 0.15) is 56.2 Å². The lowest BCUT2D eigenvalue weighted by Crippen LogP contribution is -2.48. The lowest BCUT2D eigenvalue weighted by molar-refractivity contribution is -0.140. The van der Waals surface area contributed by atoms with Crippen LogP contribution in [0, 0.1) is 13.8 Å². The second kappa shape index (κ2) is 14.0. The zero-order valence-electron chi connectivity index (χ0n) is 22.9. The number of rotatable bonds is 14. The Morgan fingerprint density at radius 2 is 1.78 bits per heavy atom. The fourth-order valence-corrected chi connectivity index (χ4v) is 5.09. The van der Waals surface area contributed by atoms with Crippen LogP contribution in [-0.4, -0.2) is 57.6 Å². The SMILES string of the molecule is CCCCNC(=O)[C@H](C)N(Cc1cccc(OC)c1)C(=O)CCCN(c1cccc(C)c1C)S(C)(=O)=O. The van der Waals surface area contributed by atoms with Crippen molar-refractivity contribution in [1.29, 1.82) is 0 Å². The van der Waals surface area contributed by atoms with Crippen LogP contribution in [0.2, 0.25) is 0 Å². The number of benzene rings is 2. The van der Waals surface area contributed by atoms with Crippen molar-refractivity contribution in [2.75, 3.05) is 30.8 Å². The van der Waals surface area contributed by atoms with Crippen LogP contribution in [0.4, 0.5) is 5.69 Å². The molecule has 0 saturated heterocycles. The van der Waals surface area contributed by atoms with E-state index in [4.69, 9.17) is 4.74 Å². The van der Waals surface area contributed by atoms with Gasteiger partial charge in [0.25, 0.3) is 0 Å². The normalized spacial score (nSPS) is 12.1. The summed E-state index contributed by atoms with van der Waals surface area (Å²) in [6.45, 7) is 8.56. The Hall–Kier alpha value is -3.07. The lowest BCUT2D eigenvalue weighted by Gasteiger charge is -2.30. The maximum Gasteiger partial charge on any atom is 0.242 e. The molecule has 0 aromatic heterocycles. The van der Waals surface area contributed by atoms with Gasteiger partial charge in [-0.2, -0.15) is 0 Å². The van der Waals surface area contributed by atoms with Crippen molar-refractivity contribution in [2.45, 2.75) is 66.0 Å². The number of anilines is 1. The molecule has 0 aliphatic heterocycles. The number of sulfonamides is 1. The second-order valence-electron chi connectivity index (χ2n) is 9.35. The molecule has 2 amide bonds. The fraction of sp³-hybridized carbons (Fsp3) is 0.500. The Morgan fingerprint density at radius 3 is 2.43 bits per heavy atom. The number of ether oxygens (including phenoxy) is 1. The summed E-state index contributed by atoms with van der Waals surface area (Å²) in [7, 11) is -1.97. The molecule has 0 heterocycles. The predicted molar refractivity (Wildman–Crippen MR) is 148 cm³/mol. The molecular weight excluding hydrogens is 490 g/mol. The van der Waals surface area contributed by atoms with Crippen LogP contribution in [0.15, 0.2) is 42.5 Å². The Balaban J connectivity index is 2.20. The van der Waals surface area contributed by atoms with Crippen LogP contribution >= 0.6 is 0 Å². The molecule has 0 aliphatic rings. The van der Waals surface area contributed by atoms with Crippen LogP contribution in [0.5, 0.6) is 5.75 Å². The molecule has 0 spiro atoms. The van der Waals surface area contributed by atoms with Gasteiger partial charge in [-0.05, 0) is 68.5 Å². The number of hydrogen-bond acceptors (Lipinski definition) is 5. The van der Waals surface area contributed by atoms with Crippen molar-refractivity contribution in [3.8, 4) is 5.75 Å². The zero-order valence-corrected chi connectivity index (χ0v) is 23.7. The number of unbranched alkanes of at least 4 members (excludes halogenated alkanes) is 1. The van der Waals surface area contributed by atoms with E-state index in [9.17, 15) is 18.0 Å². The average Bonchev–Trinajstić information content (AvgIpc) is 2.86. The maximum atomic E-state index is 13.4. The predicted octanol–water partition coefficient (Wildman–Crippen LogP) is 4.19. The molecular formula is C28H41N3O5S. The molecule has 0 radical (unpaired) electrons. The fourth-order valence-electron chi connectivity index (χ4n) is 4.07. The average molecular weight is 532 g/mol. The topological polar surface area (TPSA) is 96.0 Å². The molecule has 0 aliphatic carbocycles. The summed E-state index contributed by atoms with van der Waals surface area (Å²) in [5, 5.41) is 2.91. The third kappa shape index (κ3) is 8.77. The highest BCUT2D eigenvalue weighted by atomic mass is 32.2. The monoisotopic (exact) mass is 531 g/mol. The summed E-state index contributed by atoms with van der Waals surface area (Å²) >= 11 is 0. The Kier molecular flexibility index (Phi) is 11.4. The minimum Gasteiger partial charge on any atom is -0.497 e. The molecule has 2 aromatic rings. The number of carbonyl (C=O) groups is 2. The van der Waals surface area contributed by atoms with Gasteiger partial charge in [0.15, 0.2) is 0 Å². The summed E-state index contributed by atoms with van der Waals surface area (Å²) in [5.74, 6) is 0.246. The number of methoxy groups -OCH3 is 1. The van der Waals surface area contributed by atoms with Crippen molar-refractivity contribution >= 4 is 27.5 Å². The molecule has 1 N–H and O–H groups in total. The summed E-state index contributed by atoms with van der Waals surface area (Å²) in [4.78, 5) is 27.8. The minimum absolute atomic E-state index is 0.105. The van der Waals surface area contributed by atoms with E-state index < -0.39 is 16.1 Å². The summed E-state index contributed by atoms with van der Waals surface area (Å²) < 4.78 is 31.9. The van der Waals surface area contributed by atoms with Crippen molar-refractivity contribution in [2.24, 2.45) is 0 Å². The van der Waals surface area contributed by atoms with E-state index in [1.165, 1.54) is 10.6 Å². The highest BCUT2D eigenvalue weighted by Crippen LogP contribution is 2.25. The lowest BCUT2D eigenvalue weighted by atomic mass is 10.1. The third-order valence-electron chi connectivity index (χ3n) is 6.48. The first-order valence-corrected chi connectivity index (χ1v) is 14.6. The Bertz CT molecular complexity index is 1170. The van der Waals surface area contributed by atoms with Crippen LogP contribution < -0.4 is 14.4 Å². The van der Waals surface area contributed by atoms with Gasteiger partial charge in [-0.1, -0.05) is 37.6 Å². The highest BCUT2D eigenvalue weighted by Gasteiger charge is 2.27. The van der Waals surface area contributed by atoms with Gasteiger partial charge in [0.1, 0.15) is 11.8 Å². The molecule has 9 heteroatoms. The maximum absolute atomic E-state index is 13.4. The van der Waals surface area contributed by atoms with Crippen molar-refractivity contribution in [3.05, 3.63) is 59.2 Å². The van der Waals surface area contributed by atoms with E-state index in [1.54, 1.807) is 25.0 Å². The van der Waals surface area contributed by atoms with Gasteiger partial charge in [0.05, 0.1) is 19.1 Å². The smallest absolute Gasteiger partial charge is 0.242 e. The molecule has 0 bridgehead atoms. The van der Waals surface area contributed by atoms with E-state index in [0.717, 1.165) is 29.5 Å². The van der Waals surface area contributed by atoms with Crippen LogP contribution in [0.25, 0.3) is 0 Å². The number of nitrogens with zero attached hydrogens (tertiary/aromatic N) is 2. The number of carbonyl (C=O) groups excluding carboxylic acids is 2. The molecule has 0 saturated carbocycles. The summed E-state index contributed by atoms with van der Waals surface area (Å²) in [6, 6.07) is 12.3. The van der Waals surface area contributed by atoms with Crippen LogP contribution in [-0.2, 0) is 26.2 Å². The summed E-state index contributed by atoms with van der Waals surface area (Å²) in [5.41, 5.74) is 3.34. The van der Waals surface area contributed by atoms with Crippen LogP contribution in [0.3, 0.4) is 0 Å². The largest absolute Gasteiger partial charge is 0.497 e. The van der Waals surface area contributed by atoms with E-state index in [2.05, 4.69) is 5.32 Å². The molecule has 37 heavy (non-hydrogen) atoms. The molecule has 1 atom stereocenters. The number of aryl methyl sites for hydroxylation is 1.